The van der Waals surface area contributed by atoms with Crippen LogP contribution in [0.1, 0.15) is 27.2 Å². The normalized spacial score (nSPS) is 20.6. The van der Waals surface area contributed by atoms with Crippen LogP contribution in [0.15, 0.2) is 0 Å². The van der Waals surface area contributed by atoms with Crippen LogP contribution in [0.25, 0.3) is 0 Å². The number of nitrogens with one attached hydrogen (secondary N) is 1. The monoisotopic (exact) mass is 274 g/mol. The van der Waals surface area contributed by atoms with Gasteiger partial charge < -0.3 is 15.3 Å². The molecule has 6 heteroatoms. The van der Waals surface area contributed by atoms with Crippen molar-refractivity contribution in [3.63, 3.8) is 0 Å². The first-order valence-corrected chi connectivity index (χ1v) is 7.32. The Morgan fingerprint density at radius 2 is 2.11 bits per heavy atom. The second-order valence-corrected chi connectivity index (χ2v) is 6.81. The molecule has 18 heavy (non-hydrogen) atoms. The van der Waals surface area contributed by atoms with Crippen LogP contribution >= 0.6 is 11.8 Å². The highest BCUT2D eigenvalue weighted by Gasteiger charge is 2.32. The van der Waals surface area contributed by atoms with E-state index in [1.54, 1.807) is 11.8 Å². The molecular weight excluding hydrogens is 252 g/mol. The zero-order valence-corrected chi connectivity index (χ0v) is 12.0. The quantitative estimate of drug-likeness (QED) is 0.821. The van der Waals surface area contributed by atoms with Crippen LogP contribution in [0, 0.1) is 5.41 Å². The van der Waals surface area contributed by atoms with Crippen molar-refractivity contribution in [1.82, 2.24) is 10.2 Å². The van der Waals surface area contributed by atoms with Gasteiger partial charge in [-0.25, -0.2) is 9.59 Å². The highest BCUT2D eigenvalue weighted by Crippen LogP contribution is 2.18. The SMILES string of the molecule is CC(C)(C)CCNC(=O)N1CCSCC1C(=O)O. The van der Waals surface area contributed by atoms with Crippen LogP contribution in [0.4, 0.5) is 4.79 Å². The van der Waals surface area contributed by atoms with E-state index in [1.807, 2.05) is 0 Å². The number of rotatable bonds is 3. The lowest BCUT2D eigenvalue weighted by molar-refractivity contribution is -0.141. The third kappa shape index (κ3) is 4.76. The van der Waals surface area contributed by atoms with E-state index >= 15 is 0 Å². The van der Waals surface area contributed by atoms with Crippen molar-refractivity contribution in [3.8, 4) is 0 Å². The van der Waals surface area contributed by atoms with Crippen molar-refractivity contribution in [2.45, 2.75) is 33.2 Å². The number of nitrogens with zero attached hydrogens (tertiary/aromatic N) is 1. The highest BCUT2D eigenvalue weighted by atomic mass is 32.2. The van der Waals surface area contributed by atoms with Crippen molar-refractivity contribution < 1.29 is 14.7 Å². The van der Waals surface area contributed by atoms with Gasteiger partial charge in [-0.2, -0.15) is 11.8 Å². The first kappa shape index (κ1) is 15.1. The number of aliphatic carboxylic acids is 1. The summed E-state index contributed by atoms with van der Waals surface area (Å²) in [6.07, 6.45) is 0.874. The second kappa shape index (κ2) is 6.31. The first-order chi connectivity index (χ1) is 8.31. The molecule has 2 amide bonds. The van der Waals surface area contributed by atoms with Crippen LogP contribution in [0.3, 0.4) is 0 Å². The van der Waals surface area contributed by atoms with Gasteiger partial charge in [0.2, 0.25) is 0 Å². The Kier molecular flexibility index (Phi) is 5.31. The minimum Gasteiger partial charge on any atom is -0.480 e. The molecule has 5 nitrogen and oxygen atoms in total. The Morgan fingerprint density at radius 1 is 1.44 bits per heavy atom. The molecule has 0 aromatic rings. The summed E-state index contributed by atoms with van der Waals surface area (Å²) in [5.41, 5.74) is 0.164. The topological polar surface area (TPSA) is 69.6 Å². The lowest BCUT2D eigenvalue weighted by atomic mass is 9.92. The van der Waals surface area contributed by atoms with Crippen LogP contribution in [-0.2, 0) is 4.79 Å². The van der Waals surface area contributed by atoms with E-state index < -0.39 is 12.0 Å². The van der Waals surface area contributed by atoms with E-state index in [0.29, 0.717) is 18.8 Å². The second-order valence-electron chi connectivity index (χ2n) is 5.66. The number of carbonyl (C=O) groups is 2. The number of carboxylic acid groups (broad SMARTS) is 1. The average Bonchev–Trinajstić information content (AvgIpc) is 2.27. The van der Waals surface area contributed by atoms with Gasteiger partial charge in [-0.15, -0.1) is 0 Å². The van der Waals surface area contributed by atoms with Crippen molar-refractivity contribution in [3.05, 3.63) is 0 Å². The Labute approximate surface area is 112 Å². The molecule has 104 valence electrons. The van der Waals surface area contributed by atoms with Crippen molar-refractivity contribution in [1.29, 1.82) is 0 Å². The summed E-state index contributed by atoms with van der Waals surface area (Å²) in [5, 5.41) is 11.9. The number of carbonyl (C=O) groups excluding carboxylic acids is 1. The fourth-order valence-corrected chi connectivity index (χ4v) is 2.74. The molecule has 1 atom stereocenters. The minimum absolute atomic E-state index is 0.164. The van der Waals surface area contributed by atoms with Crippen molar-refractivity contribution in [2.75, 3.05) is 24.6 Å². The van der Waals surface area contributed by atoms with E-state index in [-0.39, 0.29) is 11.4 Å². The number of hydrogen-bond donors (Lipinski definition) is 2. The number of hydrogen-bond acceptors (Lipinski definition) is 3. The van der Waals surface area contributed by atoms with Gasteiger partial charge >= 0.3 is 12.0 Å². The number of amides is 2. The Bertz CT molecular complexity index is 315. The van der Waals surface area contributed by atoms with E-state index in [2.05, 4.69) is 26.1 Å². The first-order valence-electron chi connectivity index (χ1n) is 6.16. The third-order valence-electron chi connectivity index (χ3n) is 2.83. The van der Waals surface area contributed by atoms with Crippen LogP contribution in [-0.4, -0.2) is 52.6 Å². The fourth-order valence-electron chi connectivity index (χ4n) is 1.70. The number of carboxylic acids is 1. The lowest BCUT2D eigenvalue weighted by Crippen LogP contribution is -2.54. The predicted molar refractivity (Wildman–Crippen MR) is 72.9 cm³/mol. The molecule has 0 spiro atoms. The molecule has 1 heterocycles. The maximum Gasteiger partial charge on any atom is 0.327 e. The van der Waals surface area contributed by atoms with E-state index in [0.717, 1.165) is 12.2 Å². The van der Waals surface area contributed by atoms with Crippen LogP contribution < -0.4 is 5.32 Å². The van der Waals surface area contributed by atoms with Crippen molar-refractivity contribution in [2.24, 2.45) is 5.41 Å². The summed E-state index contributed by atoms with van der Waals surface area (Å²) in [6.45, 7) is 7.41. The molecule has 1 aliphatic rings. The Hall–Kier alpha value is -0.910. The average molecular weight is 274 g/mol. The van der Waals surface area contributed by atoms with Crippen LogP contribution in [0.5, 0.6) is 0 Å². The van der Waals surface area contributed by atoms with Gasteiger partial charge in [0.25, 0.3) is 0 Å². The zero-order valence-electron chi connectivity index (χ0n) is 11.2. The molecular formula is C12H22N2O3S. The van der Waals surface area contributed by atoms with Gasteiger partial charge in [0.1, 0.15) is 6.04 Å². The standard InChI is InChI=1S/C12H22N2O3S/c1-12(2,3)4-5-13-11(17)14-6-7-18-8-9(14)10(15)16/h9H,4-8H2,1-3H3,(H,13,17)(H,15,16). The molecule has 0 bridgehead atoms. The summed E-state index contributed by atoms with van der Waals surface area (Å²) in [6, 6.07) is -0.953. The van der Waals surface area contributed by atoms with Gasteiger partial charge in [0.05, 0.1) is 0 Å². The van der Waals surface area contributed by atoms with E-state index in [9.17, 15) is 9.59 Å². The van der Waals surface area contributed by atoms with Gasteiger partial charge in [0, 0.05) is 24.6 Å². The smallest absolute Gasteiger partial charge is 0.327 e. The number of urea groups is 1. The lowest BCUT2D eigenvalue weighted by Gasteiger charge is -2.32. The molecule has 0 aromatic carbocycles. The summed E-state index contributed by atoms with van der Waals surface area (Å²) >= 11 is 1.58. The van der Waals surface area contributed by atoms with Gasteiger partial charge in [0.15, 0.2) is 0 Å². The molecule has 0 aliphatic carbocycles. The van der Waals surface area contributed by atoms with Gasteiger partial charge in [-0.3, -0.25) is 0 Å². The molecule has 0 radical (unpaired) electrons. The molecule has 1 unspecified atom stereocenters. The Balaban J connectivity index is 2.46. The molecule has 1 rings (SSSR count). The summed E-state index contributed by atoms with van der Waals surface area (Å²) in [5.74, 6) is 0.353. The third-order valence-corrected chi connectivity index (χ3v) is 3.85. The summed E-state index contributed by atoms with van der Waals surface area (Å²) in [7, 11) is 0. The molecule has 0 saturated carbocycles. The maximum atomic E-state index is 11.9. The summed E-state index contributed by atoms with van der Waals surface area (Å²) < 4.78 is 0. The maximum absolute atomic E-state index is 11.9. The summed E-state index contributed by atoms with van der Waals surface area (Å²) in [4.78, 5) is 24.4. The van der Waals surface area contributed by atoms with Gasteiger partial charge in [-0.1, -0.05) is 20.8 Å². The largest absolute Gasteiger partial charge is 0.480 e. The van der Waals surface area contributed by atoms with E-state index in [4.69, 9.17) is 5.11 Å². The predicted octanol–water partition coefficient (Wildman–Crippen LogP) is 1.63. The minimum atomic E-state index is -0.923. The molecule has 1 saturated heterocycles. The van der Waals surface area contributed by atoms with E-state index in [1.165, 1.54) is 4.90 Å². The molecule has 1 fully saturated rings. The molecule has 1 aliphatic heterocycles. The van der Waals surface area contributed by atoms with Crippen molar-refractivity contribution >= 4 is 23.8 Å². The zero-order chi connectivity index (χ0) is 13.8. The number of thioether (sulfide) groups is 1. The van der Waals surface area contributed by atoms with Crippen LogP contribution in [0.2, 0.25) is 0 Å². The highest BCUT2D eigenvalue weighted by molar-refractivity contribution is 7.99. The van der Waals surface area contributed by atoms with Gasteiger partial charge in [-0.05, 0) is 11.8 Å². The Morgan fingerprint density at radius 3 is 2.67 bits per heavy atom. The molecule has 0 aromatic heterocycles. The fraction of sp³-hybridized carbons (Fsp3) is 0.833. The molecule has 2 N–H and O–H groups in total.